The van der Waals surface area contributed by atoms with Crippen LogP contribution in [-0.2, 0) is 9.53 Å². The monoisotopic (exact) mass is 201 g/mol. The lowest BCUT2D eigenvalue weighted by Crippen LogP contribution is -2.18. The molecule has 0 spiro atoms. The topological polar surface area (TPSA) is 52.3 Å². The van der Waals surface area contributed by atoms with Crippen LogP contribution in [0.25, 0.3) is 0 Å². The Morgan fingerprint density at radius 1 is 1.36 bits per heavy atom. The van der Waals surface area contributed by atoms with Crippen molar-refractivity contribution in [1.82, 2.24) is 0 Å². The summed E-state index contributed by atoms with van der Waals surface area (Å²) in [7, 11) is 0. The van der Waals surface area contributed by atoms with Crippen LogP contribution in [0.4, 0.5) is 0 Å². The van der Waals surface area contributed by atoms with E-state index in [0.29, 0.717) is 25.5 Å². The van der Waals surface area contributed by atoms with Crippen LogP contribution in [0.15, 0.2) is 0 Å². The molecule has 0 radical (unpaired) electrons. The predicted octanol–water partition coefficient (Wildman–Crippen LogP) is 1.95. The van der Waals surface area contributed by atoms with Crippen LogP contribution in [0.1, 0.15) is 40.0 Å². The molecule has 0 aromatic rings. The maximum absolute atomic E-state index is 11.2. The zero-order valence-corrected chi connectivity index (χ0v) is 9.58. The highest BCUT2D eigenvalue weighted by molar-refractivity contribution is 5.69. The largest absolute Gasteiger partial charge is 0.465 e. The molecular formula is C11H23NO2. The molecule has 0 fully saturated rings. The van der Waals surface area contributed by atoms with Crippen LogP contribution in [0.3, 0.4) is 0 Å². The van der Waals surface area contributed by atoms with Gasteiger partial charge >= 0.3 is 5.97 Å². The summed E-state index contributed by atoms with van der Waals surface area (Å²) in [4.78, 5) is 11.2. The van der Waals surface area contributed by atoms with Gasteiger partial charge in [0, 0.05) is 6.42 Å². The molecule has 2 N–H and O–H groups in total. The van der Waals surface area contributed by atoms with Crippen molar-refractivity contribution in [2.45, 2.75) is 40.0 Å². The fourth-order valence-electron chi connectivity index (χ4n) is 1.24. The number of nitrogens with two attached hydrogens (primary N) is 1. The molecule has 0 saturated heterocycles. The molecule has 14 heavy (non-hydrogen) atoms. The standard InChI is InChI=1S/C11H23NO2/c1-4-5-9(2)8-14-11(13)6-10(3)7-12/h9-10H,4-8,12H2,1-3H3. The lowest BCUT2D eigenvalue weighted by Gasteiger charge is -2.12. The summed E-state index contributed by atoms with van der Waals surface area (Å²) in [6.45, 7) is 7.28. The molecule has 0 aromatic heterocycles. The predicted molar refractivity (Wildman–Crippen MR) is 57.9 cm³/mol. The van der Waals surface area contributed by atoms with E-state index in [1.165, 1.54) is 0 Å². The van der Waals surface area contributed by atoms with E-state index in [9.17, 15) is 4.79 Å². The molecule has 84 valence electrons. The third kappa shape index (κ3) is 6.89. The van der Waals surface area contributed by atoms with Crippen molar-refractivity contribution in [3.05, 3.63) is 0 Å². The Hall–Kier alpha value is -0.570. The van der Waals surface area contributed by atoms with Gasteiger partial charge in [0.15, 0.2) is 0 Å². The maximum atomic E-state index is 11.2. The molecule has 0 rings (SSSR count). The van der Waals surface area contributed by atoms with E-state index in [2.05, 4.69) is 13.8 Å². The number of ether oxygens (including phenoxy) is 1. The van der Waals surface area contributed by atoms with Gasteiger partial charge in [0.05, 0.1) is 6.61 Å². The molecule has 3 heteroatoms. The van der Waals surface area contributed by atoms with Gasteiger partial charge in [0.1, 0.15) is 0 Å². The Kier molecular flexibility index (Phi) is 7.48. The molecule has 0 aromatic carbocycles. The van der Waals surface area contributed by atoms with Crippen molar-refractivity contribution in [1.29, 1.82) is 0 Å². The number of carbonyl (C=O) groups excluding carboxylic acids is 1. The minimum absolute atomic E-state index is 0.120. The average Bonchev–Trinajstić information content (AvgIpc) is 2.15. The van der Waals surface area contributed by atoms with Gasteiger partial charge in [-0.2, -0.15) is 0 Å². The van der Waals surface area contributed by atoms with Crippen molar-refractivity contribution >= 4 is 5.97 Å². The van der Waals surface area contributed by atoms with Crippen LogP contribution in [0.5, 0.6) is 0 Å². The lowest BCUT2D eigenvalue weighted by molar-refractivity contribution is -0.145. The smallest absolute Gasteiger partial charge is 0.306 e. The second-order valence-electron chi connectivity index (χ2n) is 4.12. The molecule has 0 bridgehead atoms. The summed E-state index contributed by atoms with van der Waals surface area (Å²) in [6, 6.07) is 0. The van der Waals surface area contributed by atoms with Crippen molar-refractivity contribution < 1.29 is 9.53 Å². The molecule has 0 aliphatic carbocycles. The number of hydrogen-bond donors (Lipinski definition) is 1. The van der Waals surface area contributed by atoms with Gasteiger partial charge in [0.2, 0.25) is 0 Å². The summed E-state index contributed by atoms with van der Waals surface area (Å²) >= 11 is 0. The number of esters is 1. The quantitative estimate of drug-likeness (QED) is 0.640. The lowest BCUT2D eigenvalue weighted by atomic mass is 10.1. The Morgan fingerprint density at radius 3 is 2.50 bits per heavy atom. The minimum atomic E-state index is -0.120. The molecule has 2 atom stereocenters. The summed E-state index contributed by atoms with van der Waals surface area (Å²) in [5.41, 5.74) is 5.42. The first kappa shape index (κ1) is 13.4. The van der Waals surface area contributed by atoms with Crippen LogP contribution >= 0.6 is 0 Å². The van der Waals surface area contributed by atoms with Crippen LogP contribution in [-0.4, -0.2) is 19.1 Å². The van der Waals surface area contributed by atoms with Gasteiger partial charge in [-0.1, -0.05) is 27.2 Å². The van der Waals surface area contributed by atoms with E-state index in [1.807, 2.05) is 6.92 Å². The average molecular weight is 201 g/mol. The van der Waals surface area contributed by atoms with Crippen LogP contribution < -0.4 is 5.73 Å². The van der Waals surface area contributed by atoms with Gasteiger partial charge in [-0.15, -0.1) is 0 Å². The number of rotatable bonds is 7. The Bertz CT molecular complexity index is 159. The molecule has 2 unspecified atom stereocenters. The molecule has 0 heterocycles. The van der Waals surface area contributed by atoms with E-state index in [1.54, 1.807) is 0 Å². The van der Waals surface area contributed by atoms with E-state index < -0.39 is 0 Å². The normalized spacial score (nSPS) is 14.9. The molecule has 0 aliphatic rings. The van der Waals surface area contributed by atoms with Crippen molar-refractivity contribution in [3.63, 3.8) is 0 Å². The van der Waals surface area contributed by atoms with E-state index in [-0.39, 0.29) is 11.9 Å². The first-order valence-corrected chi connectivity index (χ1v) is 5.45. The maximum Gasteiger partial charge on any atom is 0.306 e. The number of hydrogen-bond acceptors (Lipinski definition) is 3. The third-order valence-electron chi connectivity index (χ3n) is 2.23. The Morgan fingerprint density at radius 2 is 2.00 bits per heavy atom. The zero-order chi connectivity index (χ0) is 11.0. The molecule has 3 nitrogen and oxygen atoms in total. The van der Waals surface area contributed by atoms with Crippen molar-refractivity contribution in [3.8, 4) is 0 Å². The van der Waals surface area contributed by atoms with E-state index in [0.717, 1.165) is 12.8 Å². The SMILES string of the molecule is CCCC(C)COC(=O)CC(C)CN. The van der Waals surface area contributed by atoms with E-state index >= 15 is 0 Å². The summed E-state index contributed by atoms with van der Waals surface area (Å²) in [6.07, 6.45) is 2.69. The van der Waals surface area contributed by atoms with Crippen molar-refractivity contribution in [2.75, 3.05) is 13.2 Å². The minimum Gasteiger partial charge on any atom is -0.465 e. The highest BCUT2D eigenvalue weighted by Gasteiger charge is 2.10. The Balaban J connectivity index is 3.53. The number of carbonyl (C=O) groups is 1. The highest BCUT2D eigenvalue weighted by atomic mass is 16.5. The first-order chi connectivity index (χ1) is 6.60. The summed E-state index contributed by atoms with van der Waals surface area (Å²) < 4.78 is 5.13. The fourth-order valence-corrected chi connectivity index (χ4v) is 1.24. The Labute approximate surface area is 87.0 Å². The van der Waals surface area contributed by atoms with Crippen LogP contribution in [0, 0.1) is 11.8 Å². The van der Waals surface area contributed by atoms with Gasteiger partial charge in [0.25, 0.3) is 0 Å². The fraction of sp³-hybridized carbons (Fsp3) is 0.909. The summed E-state index contributed by atoms with van der Waals surface area (Å²) in [5.74, 6) is 0.576. The van der Waals surface area contributed by atoms with Gasteiger partial charge < -0.3 is 10.5 Å². The molecule has 0 amide bonds. The molecule has 0 aliphatic heterocycles. The third-order valence-corrected chi connectivity index (χ3v) is 2.23. The zero-order valence-electron chi connectivity index (χ0n) is 9.58. The second kappa shape index (κ2) is 7.80. The second-order valence-corrected chi connectivity index (χ2v) is 4.12. The molecular weight excluding hydrogens is 178 g/mol. The van der Waals surface area contributed by atoms with Crippen LogP contribution in [0.2, 0.25) is 0 Å². The first-order valence-electron chi connectivity index (χ1n) is 5.45. The highest BCUT2D eigenvalue weighted by Crippen LogP contribution is 2.07. The summed E-state index contributed by atoms with van der Waals surface area (Å²) in [5, 5.41) is 0. The van der Waals surface area contributed by atoms with Gasteiger partial charge in [-0.3, -0.25) is 4.79 Å². The van der Waals surface area contributed by atoms with Gasteiger partial charge in [-0.05, 0) is 24.8 Å². The van der Waals surface area contributed by atoms with Crippen molar-refractivity contribution in [2.24, 2.45) is 17.6 Å². The van der Waals surface area contributed by atoms with E-state index in [4.69, 9.17) is 10.5 Å². The molecule has 0 saturated carbocycles. The van der Waals surface area contributed by atoms with Gasteiger partial charge in [-0.25, -0.2) is 0 Å².